The van der Waals surface area contributed by atoms with Gasteiger partial charge in [-0.15, -0.1) is 35.4 Å². The number of nitrogens with zero attached hydrogens (tertiary/aromatic N) is 3. The van der Waals surface area contributed by atoms with Crippen LogP contribution in [0, 0.1) is 26.0 Å². The van der Waals surface area contributed by atoms with Gasteiger partial charge in [0.25, 0.3) is 0 Å². The van der Waals surface area contributed by atoms with Crippen LogP contribution in [0.5, 0.6) is 0 Å². The molecule has 0 saturated heterocycles. The van der Waals surface area contributed by atoms with E-state index in [1.54, 1.807) is 12.1 Å². The molecule has 7 aromatic rings. The molecular weight excluding hydrogens is 800 g/mol. The fraction of sp³-hybridized carbons (Fsp3) is 0.220. The van der Waals surface area contributed by atoms with E-state index in [2.05, 4.69) is 67.8 Å². The maximum absolute atomic E-state index is 13.5. The Morgan fingerprint density at radius 2 is 1.55 bits per heavy atom. The summed E-state index contributed by atoms with van der Waals surface area (Å²) >= 11 is 0. The van der Waals surface area contributed by atoms with Crippen molar-refractivity contribution in [1.82, 2.24) is 14.5 Å². The third-order valence-corrected chi connectivity index (χ3v) is 8.04. The van der Waals surface area contributed by atoms with E-state index in [1.165, 1.54) is 30.5 Å². The number of imidazole rings is 1. The molecule has 8 heteroatoms. The van der Waals surface area contributed by atoms with E-state index in [1.807, 2.05) is 24.3 Å². The predicted molar refractivity (Wildman–Crippen MR) is 186 cm³/mol. The molecule has 49 heavy (non-hydrogen) atoms. The second kappa shape index (κ2) is 14.5. The number of hydrogen-bond donors (Lipinski definition) is 0. The first-order valence-electron chi connectivity index (χ1n) is 18.5. The normalized spacial score (nSPS) is 13.9. The van der Waals surface area contributed by atoms with Crippen molar-refractivity contribution in [3.8, 4) is 28.3 Å². The van der Waals surface area contributed by atoms with E-state index in [9.17, 15) is 13.2 Å². The first-order chi connectivity index (χ1) is 25.3. The van der Waals surface area contributed by atoms with Crippen molar-refractivity contribution >= 4 is 22.0 Å². The molecule has 0 unspecified atom stereocenters. The largest absolute Gasteiger partial charge is 0.557 e. The van der Waals surface area contributed by atoms with Crippen LogP contribution in [0.25, 0.3) is 50.3 Å². The van der Waals surface area contributed by atoms with Gasteiger partial charge in [0.05, 0.1) is 16.9 Å². The van der Waals surface area contributed by atoms with E-state index in [0.29, 0.717) is 33.6 Å². The zero-order chi connectivity index (χ0) is 39.2. The van der Waals surface area contributed by atoms with Crippen LogP contribution in [0.3, 0.4) is 0 Å². The van der Waals surface area contributed by atoms with Gasteiger partial charge >= 0.3 is 6.18 Å². The number of aromatic nitrogens is 3. The molecule has 0 amide bonds. The van der Waals surface area contributed by atoms with Gasteiger partial charge in [-0.05, 0) is 53.2 Å². The molecule has 1 radical (unpaired) electrons. The summed E-state index contributed by atoms with van der Waals surface area (Å²) in [5.41, 5.74) is 6.47. The van der Waals surface area contributed by atoms with E-state index in [4.69, 9.17) is 17.6 Å². The number of pyridine rings is 1. The van der Waals surface area contributed by atoms with Crippen molar-refractivity contribution in [2.24, 2.45) is 0 Å². The summed E-state index contributed by atoms with van der Waals surface area (Å²) in [5.74, 6) is 0.962. The molecule has 0 saturated carbocycles. The molecule has 0 fully saturated rings. The SMILES string of the molecule is CC(C)c1cccc(C(C)C)c1-n1c(-c2[c-]oc3ccc(C(F)(F)F)cc23)nc2ccccc21.[2H]C([2H])([2H])c1c[c-]c(-c2ccc(C([2H])([2H])[2H])cn2)cc1.[Ir]. The Morgan fingerprint density at radius 3 is 2.16 bits per heavy atom. The number of rotatable bonds is 5. The summed E-state index contributed by atoms with van der Waals surface area (Å²) in [7, 11) is 0. The Balaban J connectivity index is 0.000000237. The zero-order valence-electron chi connectivity index (χ0n) is 33.1. The Morgan fingerprint density at radius 1 is 0.837 bits per heavy atom. The van der Waals surface area contributed by atoms with Crippen LogP contribution in [0.1, 0.15) is 75.6 Å². The average molecular weight is 842 g/mol. The number of fused-ring (bicyclic) bond motifs is 2. The summed E-state index contributed by atoms with van der Waals surface area (Å²) in [5, 5.41) is 0.333. The molecule has 0 N–H and O–H groups in total. The van der Waals surface area contributed by atoms with Crippen LogP contribution in [-0.2, 0) is 26.3 Å². The molecule has 253 valence electrons. The van der Waals surface area contributed by atoms with Gasteiger partial charge in [-0.3, -0.25) is 4.98 Å². The molecule has 4 nitrogen and oxygen atoms in total. The van der Waals surface area contributed by atoms with Crippen molar-refractivity contribution in [3.05, 3.63) is 137 Å². The van der Waals surface area contributed by atoms with Gasteiger partial charge in [0.2, 0.25) is 0 Å². The molecular formula is C41H36F3IrN3O-2. The van der Waals surface area contributed by atoms with Crippen LogP contribution in [-0.4, -0.2) is 14.5 Å². The third kappa shape index (κ3) is 7.41. The fourth-order valence-corrected chi connectivity index (χ4v) is 5.65. The minimum absolute atomic E-state index is 0. The molecule has 0 aliphatic rings. The van der Waals surface area contributed by atoms with Crippen molar-refractivity contribution in [2.45, 2.75) is 59.4 Å². The quantitative estimate of drug-likeness (QED) is 0.162. The Hall–Kier alpha value is -4.52. The van der Waals surface area contributed by atoms with Crippen molar-refractivity contribution < 1.29 is 45.9 Å². The summed E-state index contributed by atoms with van der Waals surface area (Å²) in [4.78, 5) is 8.94. The molecule has 0 aliphatic heterocycles. The fourth-order valence-electron chi connectivity index (χ4n) is 5.65. The summed E-state index contributed by atoms with van der Waals surface area (Å²) < 4.78 is 91.7. The summed E-state index contributed by atoms with van der Waals surface area (Å²) in [6.07, 6.45) is -0.309. The molecule has 3 aromatic heterocycles. The van der Waals surface area contributed by atoms with Crippen molar-refractivity contribution in [1.29, 1.82) is 0 Å². The maximum atomic E-state index is 13.5. The minimum atomic E-state index is -4.46. The second-order valence-corrected chi connectivity index (χ2v) is 12.1. The van der Waals surface area contributed by atoms with E-state index in [0.717, 1.165) is 40.0 Å². The summed E-state index contributed by atoms with van der Waals surface area (Å²) in [6.45, 7) is 4.20. The van der Waals surface area contributed by atoms with Gasteiger partial charge in [-0.2, -0.15) is 13.2 Å². The van der Waals surface area contributed by atoms with Gasteiger partial charge < -0.3 is 14.0 Å². The second-order valence-electron chi connectivity index (χ2n) is 12.1. The van der Waals surface area contributed by atoms with E-state index in [-0.39, 0.29) is 43.1 Å². The molecule has 0 aliphatic carbocycles. The first kappa shape index (κ1) is 28.3. The number of para-hydroxylation sites is 3. The van der Waals surface area contributed by atoms with Crippen LogP contribution in [0.15, 0.2) is 102 Å². The van der Waals surface area contributed by atoms with Gasteiger partial charge in [0, 0.05) is 57.6 Å². The zero-order valence-corrected chi connectivity index (χ0v) is 29.5. The standard InChI is InChI=1S/C28H24F3N2O.C13H12N.Ir/c1-16(2)19-8-7-9-20(17(3)4)26(19)33-24-11-6-5-10-23(24)32-27(33)22-15-34-25-13-12-18(14-21(22)25)28(29,30)31;1-10-3-6-12(7-4-10)13-8-5-11(2)9-14-13;/h5-14,16-17H,1-4H3;3-6,8-9H,1-2H3;/q2*-1;/i;1D3,2D3;. The van der Waals surface area contributed by atoms with Crippen LogP contribution >= 0.6 is 0 Å². The van der Waals surface area contributed by atoms with Crippen LogP contribution in [0.2, 0.25) is 0 Å². The number of hydrogen-bond acceptors (Lipinski definition) is 3. The van der Waals surface area contributed by atoms with Gasteiger partial charge in [-0.25, -0.2) is 0 Å². The van der Waals surface area contributed by atoms with Gasteiger partial charge in [0.15, 0.2) is 0 Å². The Kier molecular flexibility index (Phi) is 8.40. The summed E-state index contributed by atoms with van der Waals surface area (Å²) in [6, 6.07) is 27.9. The first-order valence-corrected chi connectivity index (χ1v) is 15.5. The molecule has 0 bridgehead atoms. The molecule has 7 rings (SSSR count). The monoisotopic (exact) mass is 842 g/mol. The van der Waals surface area contributed by atoms with Gasteiger partial charge in [-0.1, -0.05) is 106 Å². The molecule has 0 spiro atoms. The Bertz CT molecular complexity index is 2330. The molecule has 3 heterocycles. The predicted octanol–water partition coefficient (Wildman–Crippen LogP) is 11.7. The average Bonchev–Trinajstić information content (AvgIpc) is 3.71. The minimum Gasteiger partial charge on any atom is -0.557 e. The van der Waals surface area contributed by atoms with Crippen molar-refractivity contribution in [2.75, 3.05) is 0 Å². The number of alkyl halides is 3. The number of furan rings is 1. The van der Waals surface area contributed by atoms with Crippen LogP contribution in [0.4, 0.5) is 13.2 Å². The number of halogens is 3. The molecule has 0 atom stereocenters. The van der Waals surface area contributed by atoms with Crippen LogP contribution < -0.4 is 0 Å². The topological polar surface area (TPSA) is 43.9 Å². The van der Waals surface area contributed by atoms with E-state index >= 15 is 0 Å². The van der Waals surface area contributed by atoms with Crippen molar-refractivity contribution in [3.63, 3.8) is 0 Å². The van der Waals surface area contributed by atoms with E-state index < -0.39 is 25.4 Å². The maximum Gasteiger partial charge on any atom is 0.415 e. The Labute approximate surface area is 306 Å². The number of aryl methyl sites for hydroxylation is 2. The number of benzene rings is 4. The third-order valence-electron chi connectivity index (χ3n) is 8.04. The van der Waals surface area contributed by atoms with Gasteiger partial charge in [0.1, 0.15) is 0 Å². The smallest absolute Gasteiger partial charge is 0.415 e. The molecule has 4 aromatic carbocycles.